The zero-order valence-electron chi connectivity index (χ0n) is 14.3. The second-order valence-electron chi connectivity index (χ2n) is 6.74. The van der Waals surface area contributed by atoms with Crippen LogP contribution in [0.25, 0.3) is 0 Å². The van der Waals surface area contributed by atoms with Gasteiger partial charge in [-0.25, -0.2) is 0 Å². The van der Waals surface area contributed by atoms with Crippen LogP contribution in [0.1, 0.15) is 26.3 Å². The molecule has 23 heavy (non-hydrogen) atoms. The molecule has 5 nitrogen and oxygen atoms in total. The molecule has 0 spiro atoms. The van der Waals surface area contributed by atoms with Gasteiger partial charge >= 0.3 is 0 Å². The van der Waals surface area contributed by atoms with Crippen molar-refractivity contribution in [2.45, 2.75) is 39.3 Å². The summed E-state index contributed by atoms with van der Waals surface area (Å²) in [5.41, 5.74) is 2.44. The topological polar surface area (TPSA) is 44.8 Å². The molecule has 1 aromatic carbocycles. The molecule has 1 aromatic rings. The Labute approximate surface area is 138 Å². The van der Waals surface area contributed by atoms with Gasteiger partial charge in [0, 0.05) is 39.1 Å². The third-order valence-corrected chi connectivity index (χ3v) is 4.87. The van der Waals surface area contributed by atoms with Gasteiger partial charge in [0.05, 0.1) is 12.2 Å². The number of piperazine rings is 1. The van der Waals surface area contributed by atoms with E-state index in [4.69, 9.17) is 4.74 Å². The first-order chi connectivity index (χ1) is 11.0. The van der Waals surface area contributed by atoms with Crippen molar-refractivity contribution in [1.29, 1.82) is 0 Å². The molecule has 2 unspecified atom stereocenters. The Hall–Kier alpha value is -1.75. The van der Waals surface area contributed by atoms with E-state index in [0.29, 0.717) is 6.04 Å². The van der Waals surface area contributed by atoms with E-state index in [0.717, 1.165) is 50.6 Å². The van der Waals surface area contributed by atoms with Gasteiger partial charge in [0.1, 0.15) is 11.9 Å². The third-order valence-electron chi connectivity index (χ3n) is 4.87. The number of carbonyl (C=O) groups is 1. The molecule has 1 fully saturated rings. The van der Waals surface area contributed by atoms with Gasteiger partial charge in [0.25, 0.3) is 0 Å². The van der Waals surface area contributed by atoms with Crippen molar-refractivity contribution >= 4 is 11.6 Å². The van der Waals surface area contributed by atoms with Crippen molar-refractivity contribution in [3.63, 3.8) is 0 Å². The zero-order valence-corrected chi connectivity index (χ0v) is 14.3. The molecule has 126 valence electrons. The summed E-state index contributed by atoms with van der Waals surface area (Å²) >= 11 is 0. The summed E-state index contributed by atoms with van der Waals surface area (Å²) in [4.78, 5) is 15.8. The monoisotopic (exact) mass is 317 g/mol. The van der Waals surface area contributed by atoms with Crippen LogP contribution in [-0.4, -0.2) is 60.6 Å². The molecule has 2 aliphatic heterocycles. The normalized spacial score (nSPS) is 22.7. The first-order valence-corrected chi connectivity index (χ1v) is 8.56. The molecule has 0 bridgehead atoms. The second kappa shape index (κ2) is 6.79. The number of anilines is 1. The summed E-state index contributed by atoms with van der Waals surface area (Å²) in [7, 11) is 0. The van der Waals surface area contributed by atoms with E-state index < -0.39 is 0 Å². The van der Waals surface area contributed by atoms with E-state index in [9.17, 15) is 4.79 Å². The van der Waals surface area contributed by atoms with E-state index in [2.05, 4.69) is 42.3 Å². The van der Waals surface area contributed by atoms with Gasteiger partial charge < -0.3 is 15.0 Å². The summed E-state index contributed by atoms with van der Waals surface area (Å²) in [6.45, 7) is 10.5. The molecular weight excluding hydrogens is 290 g/mol. The molecule has 2 atom stereocenters. The highest BCUT2D eigenvalue weighted by Crippen LogP contribution is 2.30. The highest BCUT2D eigenvalue weighted by molar-refractivity contribution is 5.73. The lowest BCUT2D eigenvalue weighted by Gasteiger charge is -2.38. The molecule has 2 aliphatic rings. The van der Waals surface area contributed by atoms with Crippen molar-refractivity contribution < 1.29 is 9.53 Å². The van der Waals surface area contributed by atoms with E-state index in [1.165, 1.54) is 5.56 Å². The molecule has 5 heteroatoms. The predicted molar refractivity (Wildman–Crippen MR) is 92.0 cm³/mol. The predicted octanol–water partition coefficient (Wildman–Crippen LogP) is 1.97. The SMILES string of the molecule is CC(=O)N1CCN(C(C)Cc2ccc3c(c2)NCC(C)O3)CC1. The molecule has 0 saturated carbocycles. The van der Waals surface area contributed by atoms with Crippen LogP contribution >= 0.6 is 0 Å². The Bertz CT molecular complexity index is 567. The summed E-state index contributed by atoms with van der Waals surface area (Å²) in [6, 6.07) is 6.93. The maximum absolute atomic E-state index is 11.4. The molecule has 1 amide bonds. The van der Waals surface area contributed by atoms with Crippen LogP contribution in [0.3, 0.4) is 0 Å². The summed E-state index contributed by atoms with van der Waals surface area (Å²) in [6.07, 6.45) is 1.25. The summed E-state index contributed by atoms with van der Waals surface area (Å²) in [5, 5.41) is 3.44. The second-order valence-corrected chi connectivity index (χ2v) is 6.74. The highest BCUT2D eigenvalue weighted by Gasteiger charge is 2.23. The molecule has 2 heterocycles. The maximum atomic E-state index is 11.4. The van der Waals surface area contributed by atoms with Crippen molar-refractivity contribution in [2.75, 3.05) is 38.0 Å². The minimum Gasteiger partial charge on any atom is -0.487 e. The van der Waals surface area contributed by atoms with Crippen LogP contribution in [0.4, 0.5) is 5.69 Å². The first kappa shape index (κ1) is 16.1. The number of amides is 1. The molecule has 0 radical (unpaired) electrons. The van der Waals surface area contributed by atoms with Gasteiger partial charge in [-0.3, -0.25) is 9.69 Å². The van der Waals surface area contributed by atoms with E-state index in [-0.39, 0.29) is 12.0 Å². The first-order valence-electron chi connectivity index (χ1n) is 8.56. The van der Waals surface area contributed by atoms with Crippen molar-refractivity contribution in [2.24, 2.45) is 0 Å². The van der Waals surface area contributed by atoms with Crippen LogP contribution in [0.15, 0.2) is 18.2 Å². The lowest BCUT2D eigenvalue weighted by molar-refractivity contribution is -0.130. The smallest absolute Gasteiger partial charge is 0.219 e. The lowest BCUT2D eigenvalue weighted by Crippen LogP contribution is -2.51. The number of carbonyl (C=O) groups excluding carboxylic acids is 1. The number of nitrogens with one attached hydrogen (secondary N) is 1. The Kier molecular flexibility index (Phi) is 4.76. The Balaban J connectivity index is 1.58. The van der Waals surface area contributed by atoms with Crippen molar-refractivity contribution in [3.05, 3.63) is 23.8 Å². The van der Waals surface area contributed by atoms with E-state index in [1.807, 2.05) is 4.90 Å². The number of hydrogen-bond donors (Lipinski definition) is 1. The highest BCUT2D eigenvalue weighted by atomic mass is 16.5. The molecule has 0 aromatic heterocycles. The summed E-state index contributed by atoms with van der Waals surface area (Å²) < 4.78 is 5.83. The fourth-order valence-corrected chi connectivity index (χ4v) is 3.40. The van der Waals surface area contributed by atoms with Gasteiger partial charge in [-0.1, -0.05) is 6.07 Å². The molecular formula is C18H27N3O2. The van der Waals surface area contributed by atoms with Crippen molar-refractivity contribution in [1.82, 2.24) is 9.80 Å². The van der Waals surface area contributed by atoms with Crippen LogP contribution in [0.5, 0.6) is 5.75 Å². The van der Waals surface area contributed by atoms with Crippen LogP contribution in [0, 0.1) is 0 Å². The quantitative estimate of drug-likeness (QED) is 0.926. The number of fused-ring (bicyclic) bond motifs is 1. The third kappa shape index (κ3) is 3.78. The van der Waals surface area contributed by atoms with Gasteiger partial charge in [0.15, 0.2) is 0 Å². The average Bonchev–Trinajstić information content (AvgIpc) is 2.55. The minimum absolute atomic E-state index is 0.187. The van der Waals surface area contributed by atoms with Crippen LogP contribution in [-0.2, 0) is 11.2 Å². The molecule has 1 saturated heterocycles. The van der Waals surface area contributed by atoms with E-state index >= 15 is 0 Å². The standard InChI is InChI=1S/C18H27N3O2/c1-13(20-6-8-21(9-7-20)15(3)22)10-16-4-5-18-17(11-16)19-12-14(2)23-18/h4-5,11,13-14,19H,6-10,12H2,1-3H3. The van der Waals surface area contributed by atoms with Crippen molar-refractivity contribution in [3.8, 4) is 5.75 Å². The molecule has 0 aliphatic carbocycles. The largest absolute Gasteiger partial charge is 0.487 e. The fourth-order valence-electron chi connectivity index (χ4n) is 3.40. The lowest BCUT2D eigenvalue weighted by atomic mass is 10.0. The maximum Gasteiger partial charge on any atom is 0.219 e. The Morgan fingerprint density at radius 3 is 2.78 bits per heavy atom. The average molecular weight is 317 g/mol. The fraction of sp³-hybridized carbons (Fsp3) is 0.611. The van der Waals surface area contributed by atoms with Gasteiger partial charge in [0.2, 0.25) is 5.91 Å². The number of benzene rings is 1. The Morgan fingerprint density at radius 1 is 1.35 bits per heavy atom. The van der Waals surface area contributed by atoms with Crippen LogP contribution in [0.2, 0.25) is 0 Å². The molecule has 1 N–H and O–H groups in total. The number of hydrogen-bond acceptors (Lipinski definition) is 4. The van der Waals surface area contributed by atoms with Crippen LogP contribution < -0.4 is 10.1 Å². The van der Waals surface area contributed by atoms with Gasteiger partial charge in [-0.15, -0.1) is 0 Å². The van der Waals surface area contributed by atoms with Gasteiger partial charge in [-0.05, 0) is 38.0 Å². The van der Waals surface area contributed by atoms with E-state index in [1.54, 1.807) is 6.92 Å². The number of ether oxygens (including phenoxy) is 1. The Morgan fingerprint density at radius 2 is 2.09 bits per heavy atom. The zero-order chi connectivity index (χ0) is 16.4. The number of rotatable bonds is 3. The van der Waals surface area contributed by atoms with Gasteiger partial charge in [-0.2, -0.15) is 0 Å². The minimum atomic E-state index is 0.187. The number of nitrogens with zero attached hydrogens (tertiary/aromatic N) is 2. The summed E-state index contributed by atoms with van der Waals surface area (Å²) in [5.74, 6) is 1.14. The molecule has 3 rings (SSSR count).